The van der Waals surface area contributed by atoms with Crippen molar-refractivity contribution in [3.8, 4) is 5.75 Å². The van der Waals surface area contributed by atoms with Gasteiger partial charge in [0.15, 0.2) is 5.11 Å². The Morgan fingerprint density at radius 3 is 3.00 bits per heavy atom. The van der Waals surface area contributed by atoms with Gasteiger partial charge in [-0.05, 0) is 69.5 Å². The van der Waals surface area contributed by atoms with Crippen LogP contribution in [0.4, 0.5) is 5.69 Å². The van der Waals surface area contributed by atoms with E-state index in [1.165, 1.54) is 25.9 Å². The van der Waals surface area contributed by atoms with Crippen molar-refractivity contribution in [3.05, 3.63) is 24.3 Å². The number of para-hydroxylation sites is 2. The molecule has 0 spiro atoms. The Bertz CT molecular complexity index is 495. The topological polar surface area (TPSA) is 36.5 Å². The van der Waals surface area contributed by atoms with Crippen LogP contribution in [-0.2, 0) is 0 Å². The number of benzene rings is 1. The lowest BCUT2D eigenvalue weighted by atomic mass is 10.0. The molecule has 0 amide bonds. The largest absolute Gasteiger partial charge is 0.492 e. The minimum Gasteiger partial charge on any atom is -0.492 e. The second-order valence-electron chi connectivity index (χ2n) is 6.21. The number of anilines is 1. The third-order valence-corrected chi connectivity index (χ3v) is 4.36. The third kappa shape index (κ3) is 6.36. The van der Waals surface area contributed by atoms with Gasteiger partial charge in [-0.1, -0.05) is 19.1 Å². The molecule has 0 saturated carbocycles. The molecule has 0 aromatic heterocycles. The summed E-state index contributed by atoms with van der Waals surface area (Å²) < 4.78 is 5.60. The smallest absolute Gasteiger partial charge is 0.170 e. The van der Waals surface area contributed by atoms with E-state index in [2.05, 4.69) is 22.5 Å². The normalized spacial score (nSPS) is 18.4. The number of thiocarbonyl (C=S) groups is 1. The Kier molecular flexibility index (Phi) is 7.62. The van der Waals surface area contributed by atoms with E-state index in [1.807, 2.05) is 31.2 Å². The molecule has 1 heterocycles. The van der Waals surface area contributed by atoms with Gasteiger partial charge in [0.25, 0.3) is 0 Å². The molecular formula is C18H29N3OS. The van der Waals surface area contributed by atoms with Crippen LogP contribution in [0, 0.1) is 5.92 Å². The number of ether oxygens (including phenoxy) is 1. The van der Waals surface area contributed by atoms with Crippen molar-refractivity contribution in [1.29, 1.82) is 0 Å². The van der Waals surface area contributed by atoms with Gasteiger partial charge in [-0.2, -0.15) is 0 Å². The molecule has 128 valence electrons. The quantitative estimate of drug-likeness (QED) is 0.589. The lowest BCUT2D eigenvalue weighted by Crippen LogP contribution is -2.37. The van der Waals surface area contributed by atoms with Gasteiger partial charge >= 0.3 is 0 Å². The number of piperidine rings is 1. The molecule has 4 nitrogen and oxygen atoms in total. The molecule has 1 atom stereocenters. The Hall–Kier alpha value is -1.33. The van der Waals surface area contributed by atoms with Gasteiger partial charge in [0, 0.05) is 13.1 Å². The fourth-order valence-electron chi connectivity index (χ4n) is 3.01. The van der Waals surface area contributed by atoms with Crippen LogP contribution in [0.1, 0.15) is 33.1 Å². The van der Waals surface area contributed by atoms with Gasteiger partial charge in [0.2, 0.25) is 0 Å². The zero-order valence-electron chi connectivity index (χ0n) is 14.3. The minimum atomic E-state index is 0.646. The molecule has 1 aliphatic rings. The van der Waals surface area contributed by atoms with E-state index >= 15 is 0 Å². The second kappa shape index (κ2) is 9.73. The first-order chi connectivity index (χ1) is 11.2. The summed E-state index contributed by atoms with van der Waals surface area (Å²) in [6.07, 6.45) is 3.83. The molecule has 23 heavy (non-hydrogen) atoms. The van der Waals surface area contributed by atoms with Gasteiger partial charge in [-0.15, -0.1) is 0 Å². The zero-order valence-corrected chi connectivity index (χ0v) is 15.1. The highest BCUT2D eigenvalue weighted by atomic mass is 32.1. The summed E-state index contributed by atoms with van der Waals surface area (Å²) in [7, 11) is 0. The molecule has 1 aromatic rings. The highest BCUT2D eigenvalue weighted by Crippen LogP contribution is 2.23. The van der Waals surface area contributed by atoms with Crippen LogP contribution in [0.15, 0.2) is 24.3 Å². The van der Waals surface area contributed by atoms with E-state index in [-0.39, 0.29) is 0 Å². The van der Waals surface area contributed by atoms with Crippen LogP contribution >= 0.6 is 12.2 Å². The van der Waals surface area contributed by atoms with Crippen LogP contribution in [0.25, 0.3) is 0 Å². The van der Waals surface area contributed by atoms with E-state index in [9.17, 15) is 0 Å². The maximum atomic E-state index is 5.60. The first-order valence-corrected chi connectivity index (χ1v) is 9.09. The molecule has 0 bridgehead atoms. The average Bonchev–Trinajstić information content (AvgIpc) is 2.54. The summed E-state index contributed by atoms with van der Waals surface area (Å²) in [5.74, 6) is 1.68. The van der Waals surface area contributed by atoms with E-state index < -0.39 is 0 Å². The number of nitrogens with one attached hydrogen (secondary N) is 2. The highest BCUT2D eigenvalue weighted by molar-refractivity contribution is 7.80. The van der Waals surface area contributed by atoms with Crippen LogP contribution in [0.3, 0.4) is 0 Å². The maximum absolute atomic E-state index is 5.60. The van der Waals surface area contributed by atoms with Gasteiger partial charge in [-0.3, -0.25) is 0 Å². The fourth-order valence-corrected chi connectivity index (χ4v) is 3.22. The zero-order chi connectivity index (χ0) is 16.5. The lowest BCUT2D eigenvalue weighted by molar-refractivity contribution is 0.182. The number of rotatable bonds is 7. The van der Waals surface area contributed by atoms with E-state index in [4.69, 9.17) is 17.0 Å². The van der Waals surface area contributed by atoms with Gasteiger partial charge in [-0.25, -0.2) is 0 Å². The van der Waals surface area contributed by atoms with Crippen LogP contribution in [-0.4, -0.2) is 42.8 Å². The number of likely N-dealkylation sites (tertiary alicyclic amines) is 1. The molecular weight excluding hydrogens is 306 g/mol. The van der Waals surface area contributed by atoms with E-state index in [0.717, 1.165) is 36.9 Å². The van der Waals surface area contributed by atoms with Crippen molar-refractivity contribution in [2.24, 2.45) is 5.92 Å². The number of nitrogens with zero attached hydrogens (tertiary/aromatic N) is 1. The van der Waals surface area contributed by atoms with Crippen LogP contribution in [0.2, 0.25) is 0 Å². The Labute approximate surface area is 145 Å². The average molecular weight is 336 g/mol. The standard InChI is InChI=1S/C18H29N3OS/c1-3-22-17-10-5-4-9-16(17)20-18(23)19-11-7-13-21-12-6-8-15(2)14-21/h4-5,9-10,15H,3,6-8,11-14H2,1-2H3,(H2,19,20,23)/t15-/m0/s1. The Morgan fingerprint density at radius 2 is 2.22 bits per heavy atom. The summed E-state index contributed by atoms with van der Waals surface area (Å²) in [5.41, 5.74) is 0.914. The van der Waals surface area contributed by atoms with Gasteiger partial charge in [0.05, 0.1) is 12.3 Å². The molecule has 0 radical (unpaired) electrons. The minimum absolute atomic E-state index is 0.646. The number of hydrogen-bond acceptors (Lipinski definition) is 3. The van der Waals surface area contributed by atoms with E-state index in [0.29, 0.717) is 11.7 Å². The van der Waals surface area contributed by atoms with Crippen molar-refractivity contribution in [3.63, 3.8) is 0 Å². The van der Waals surface area contributed by atoms with Gasteiger partial charge in [0.1, 0.15) is 5.75 Å². The lowest BCUT2D eigenvalue weighted by Gasteiger charge is -2.30. The second-order valence-corrected chi connectivity index (χ2v) is 6.62. The first kappa shape index (κ1) is 18.0. The molecule has 0 aliphatic carbocycles. The monoisotopic (exact) mass is 335 g/mol. The van der Waals surface area contributed by atoms with E-state index in [1.54, 1.807) is 0 Å². The molecule has 2 N–H and O–H groups in total. The van der Waals surface area contributed by atoms with Crippen molar-refractivity contribution in [2.45, 2.75) is 33.1 Å². The van der Waals surface area contributed by atoms with Gasteiger partial charge < -0.3 is 20.3 Å². The molecule has 0 unspecified atom stereocenters. The fraction of sp³-hybridized carbons (Fsp3) is 0.611. The predicted octanol–water partition coefficient (Wildman–Crippen LogP) is 3.49. The maximum Gasteiger partial charge on any atom is 0.170 e. The molecule has 1 fully saturated rings. The van der Waals surface area contributed by atoms with Crippen LogP contribution < -0.4 is 15.4 Å². The third-order valence-electron chi connectivity index (χ3n) is 4.11. The SMILES string of the molecule is CCOc1ccccc1NC(=S)NCCCN1CCC[C@H](C)C1. The van der Waals surface area contributed by atoms with Crippen LogP contribution in [0.5, 0.6) is 5.75 Å². The summed E-state index contributed by atoms with van der Waals surface area (Å²) in [5, 5.41) is 7.17. The number of hydrogen-bond donors (Lipinski definition) is 2. The van der Waals surface area contributed by atoms with Crippen molar-refractivity contribution >= 4 is 23.0 Å². The van der Waals surface area contributed by atoms with Crippen molar-refractivity contribution in [1.82, 2.24) is 10.2 Å². The molecule has 2 rings (SSSR count). The molecule has 1 aliphatic heterocycles. The summed E-state index contributed by atoms with van der Waals surface area (Å²) in [4.78, 5) is 2.57. The molecule has 1 saturated heterocycles. The Morgan fingerprint density at radius 1 is 1.39 bits per heavy atom. The first-order valence-electron chi connectivity index (χ1n) is 8.68. The van der Waals surface area contributed by atoms with Crippen molar-refractivity contribution < 1.29 is 4.74 Å². The Balaban J connectivity index is 1.67. The van der Waals surface area contributed by atoms with Crippen molar-refractivity contribution in [2.75, 3.05) is 38.1 Å². The summed E-state index contributed by atoms with van der Waals surface area (Å²) in [6.45, 7) is 9.50. The summed E-state index contributed by atoms with van der Waals surface area (Å²) in [6, 6.07) is 7.87. The predicted molar refractivity (Wildman–Crippen MR) is 101 cm³/mol. The highest BCUT2D eigenvalue weighted by Gasteiger charge is 2.15. The summed E-state index contributed by atoms with van der Waals surface area (Å²) >= 11 is 5.38. The molecule has 1 aromatic carbocycles. The molecule has 5 heteroatoms.